The summed E-state index contributed by atoms with van der Waals surface area (Å²) in [5.41, 5.74) is 9.39. The third kappa shape index (κ3) is 4.17. The lowest BCUT2D eigenvalue weighted by Gasteiger charge is -2.08. The van der Waals surface area contributed by atoms with Crippen LogP contribution in [0.2, 0.25) is 0 Å². The van der Waals surface area contributed by atoms with Gasteiger partial charge in [-0.1, -0.05) is 50.8 Å². The number of phenols is 1. The highest BCUT2D eigenvalue weighted by Gasteiger charge is 2.26. The number of aromatic nitrogens is 3. The van der Waals surface area contributed by atoms with Gasteiger partial charge in [-0.15, -0.1) is 0 Å². The van der Waals surface area contributed by atoms with Gasteiger partial charge < -0.3 is 15.6 Å². The zero-order chi connectivity index (χ0) is 21.8. The van der Waals surface area contributed by atoms with Crippen molar-refractivity contribution in [2.75, 3.05) is 12.3 Å². The molecule has 31 heavy (non-hydrogen) atoms. The second-order valence-corrected chi connectivity index (χ2v) is 7.55. The number of nitrogens with zero attached hydrogens (tertiary/aromatic N) is 3. The van der Waals surface area contributed by atoms with E-state index in [1.807, 2.05) is 24.3 Å². The third-order valence-corrected chi connectivity index (χ3v) is 5.27. The molecular formula is C24H26N4O3. The first-order chi connectivity index (χ1) is 15.1. The molecule has 3 N–H and O–H groups in total. The van der Waals surface area contributed by atoms with Gasteiger partial charge in [0.25, 0.3) is 0 Å². The summed E-state index contributed by atoms with van der Waals surface area (Å²) in [6.07, 6.45) is 5.31. The number of fused-ring (bicyclic) bond motifs is 2. The minimum atomic E-state index is -0.513. The Morgan fingerprint density at radius 1 is 1.03 bits per heavy atom. The summed E-state index contributed by atoms with van der Waals surface area (Å²) >= 11 is 0. The van der Waals surface area contributed by atoms with Crippen LogP contribution in [0.1, 0.15) is 49.4 Å². The van der Waals surface area contributed by atoms with Gasteiger partial charge in [-0.05, 0) is 30.7 Å². The molecule has 0 aliphatic rings. The van der Waals surface area contributed by atoms with Crippen LogP contribution in [0.15, 0.2) is 48.5 Å². The molecule has 0 unspecified atom stereocenters. The molecular weight excluding hydrogens is 392 g/mol. The Hall–Kier alpha value is -3.61. The maximum Gasteiger partial charge on any atom is 0.344 e. The van der Waals surface area contributed by atoms with Gasteiger partial charge in [-0.2, -0.15) is 0 Å². The van der Waals surface area contributed by atoms with E-state index in [1.165, 1.54) is 6.42 Å². The number of para-hydroxylation sites is 2. The third-order valence-electron chi connectivity index (χ3n) is 5.27. The Morgan fingerprint density at radius 2 is 1.77 bits per heavy atom. The van der Waals surface area contributed by atoms with Crippen molar-refractivity contribution >= 4 is 34.0 Å². The van der Waals surface area contributed by atoms with Crippen molar-refractivity contribution in [1.82, 2.24) is 14.5 Å². The second kappa shape index (κ2) is 9.04. The molecule has 7 heteroatoms. The van der Waals surface area contributed by atoms with Crippen LogP contribution in [0, 0.1) is 0 Å². The van der Waals surface area contributed by atoms with Gasteiger partial charge in [-0.25, -0.2) is 14.8 Å². The lowest BCUT2D eigenvalue weighted by molar-refractivity contribution is 0.0501. The van der Waals surface area contributed by atoms with Crippen molar-refractivity contribution in [1.29, 1.82) is 0 Å². The van der Waals surface area contributed by atoms with Crippen LogP contribution in [-0.2, 0) is 4.74 Å². The van der Waals surface area contributed by atoms with Gasteiger partial charge in [0, 0.05) is 6.07 Å². The molecule has 0 saturated carbocycles. The number of carbonyl (C=O) groups is 1. The summed E-state index contributed by atoms with van der Waals surface area (Å²) < 4.78 is 7.16. The molecule has 4 aromatic rings. The molecule has 2 heterocycles. The summed E-state index contributed by atoms with van der Waals surface area (Å²) in [7, 11) is 0. The van der Waals surface area contributed by atoms with E-state index < -0.39 is 5.97 Å². The molecule has 0 bridgehead atoms. The molecule has 4 rings (SSSR count). The summed E-state index contributed by atoms with van der Waals surface area (Å²) in [5.74, 6) is -0.239. The van der Waals surface area contributed by atoms with E-state index in [2.05, 4.69) is 11.9 Å². The summed E-state index contributed by atoms with van der Waals surface area (Å²) in [5, 5.41) is 9.95. The van der Waals surface area contributed by atoms with E-state index in [1.54, 1.807) is 28.8 Å². The fraction of sp³-hybridized carbons (Fsp3) is 0.292. The number of hydrogen-bond donors (Lipinski definition) is 2. The van der Waals surface area contributed by atoms with Crippen LogP contribution in [-0.4, -0.2) is 32.2 Å². The number of rotatable bonds is 8. The number of carbonyl (C=O) groups excluding carboxylic acids is 1. The summed E-state index contributed by atoms with van der Waals surface area (Å²) in [4.78, 5) is 22.4. The molecule has 2 aromatic heterocycles. The minimum Gasteiger partial charge on any atom is -0.508 e. The highest BCUT2D eigenvalue weighted by molar-refractivity contribution is 6.09. The van der Waals surface area contributed by atoms with Crippen LogP contribution in [0.3, 0.4) is 0 Å². The molecule has 2 aromatic carbocycles. The average Bonchev–Trinajstić information content (AvgIpc) is 3.05. The average molecular weight is 418 g/mol. The molecule has 7 nitrogen and oxygen atoms in total. The molecule has 0 saturated heterocycles. The van der Waals surface area contributed by atoms with E-state index in [0.29, 0.717) is 34.5 Å². The highest BCUT2D eigenvalue weighted by Crippen LogP contribution is 2.32. The van der Waals surface area contributed by atoms with E-state index in [9.17, 15) is 9.90 Å². The van der Waals surface area contributed by atoms with Crippen LogP contribution in [0.5, 0.6) is 5.75 Å². The topological polar surface area (TPSA) is 103 Å². The number of nitrogen functional groups attached to an aromatic ring is 1. The Morgan fingerprint density at radius 3 is 2.52 bits per heavy atom. The van der Waals surface area contributed by atoms with Crippen molar-refractivity contribution in [3.05, 3.63) is 54.1 Å². The van der Waals surface area contributed by atoms with Gasteiger partial charge in [0.05, 0.1) is 23.3 Å². The zero-order valence-corrected chi connectivity index (χ0v) is 17.5. The van der Waals surface area contributed by atoms with Gasteiger partial charge in [0.15, 0.2) is 5.65 Å². The van der Waals surface area contributed by atoms with E-state index in [0.717, 1.165) is 25.7 Å². The fourth-order valence-corrected chi connectivity index (χ4v) is 3.70. The smallest absolute Gasteiger partial charge is 0.344 e. The minimum absolute atomic E-state index is 0.0868. The standard InChI is InChI=1S/C24H26N4O3/c1-2-3-4-5-8-14-31-24(30)20-21-23(27-19-13-7-6-12-18(19)26-21)28(22(20)25)16-10-9-11-17(29)15-16/h6-7,9-13,15,29H,2-5,8,14,25H2,1H3. The van der Waals surface area contributed by atoms with Gasteiger partial charge >= 0.3 is 5.97 Å². The number of esters is 1. The van der Waals surface area contributed by atoms with Crippen molar-refractivity contribution in [3.63, 3.8) is 0 Å². The maximum absolute atomic E-state index is 13.0. The van der Waals surface area contributed by atoms with Crippen LogP contribution in [0.4, 0.5) is 5.82 Å². The Bertz CT molecular complexity index is 1230. The van der Waals surface area contributed by atoms with E-state index in [-0.39, 0.29) is 17.1 Å². The zero-order valence-electron chi connectivity index (χ0n) is 17.5. The van der Waals surface area contributed by atoms with Crippen molar-refractivity contribution < 1.29 is 14.6 Å². The number of phenolic OH excluding ortho intramolecular Hbond substituents is 1. The van der Waals surface area contributed by atoms with E-state index >= 15 is 0 Å². The van der Waals surface area contributed by atoms with Crippen molar-refractivity contribution in [2.24, 2.45) is 0 Å². The number of benzene rings is 2. The van der Waals surface area contributed by atoms with Crippen molar-refractivity contribution in [3.8, 4) is 11.4 Å². The summed E-state index contributed by atoms with van der Waals surface area (Å²) in [6.45, 7) is 2.50. The number of aromatic hydroxyl groups is 1. The molecule has 0 aliphatic carbocycles. The monoisotopic (exact) mass is 418 g/mol. The quantitative estimate of drug-likeness (QED) is 0.309. The number of nitrogens with two attached hydrogens (primary N) is 1. The van der Waals surface area contributed by atoms with Gasteiger partial charge in [0.1, 0.15) is 22.6 Å². The first kappa shape index (κ1) is 20.7. The molecule has 0 fully saturated rings. The maximum atomic E-state index is 13.0. The summed E-state index contributed by atoms with van der Waals surface area (Å²) in [6, 6.07) is 14.1. The van der Waals surface area contributed by atoms with E-state index in [4.69, 9.17) is 15.5 Å². The fourth-order valence-electron chi connectivity index (χ4n) is 3.70. The largest absolute Gasteiger partial charge is 0.508 e. The number of hydrogen-bond acceptors (Lipinski definition) is 6. The van der Waals surface area contributed by atoms with Crippen LogP contribution >= 0.6 is 0 Å². The Kier molecular flexibility index (Phi) is 6.02. The number of unbranched alkanes of at least 4 members (excludes halogenated alkanes) is 4. The predicted molar refractivity (Wildman–Crippen MR) is 121 cm³/mol. The molecule has 0 atom stereocenters. The Balaban J connectivity index is 1.76. The van der Waals surface area contributed by atoms with Crippen LogP contribution < -0.4 is 5.73 Å². The number of anilines is 1. The number of ether oxygens (including phenoxy) is 1. The first-order valence-corrected chi connectivity index (χ1v) is 10.6. The molecule has 0 amide bonds. The molecule has 0 spiro atoms. The predicted octanol–water partition coefficient (Wildman–Crippen LogP) is 4.99. The lowest BCUT2D eigenvalue weighted by atomic mass is 10.2. The second-order valence-electron chi connectivity index (χ2n) is 7.55. The first-order valence-electron chi connectivity index (χ1n) is 10.6. The van der Waals surface area contributed by atoms with Gasteiger partial charge in [-0.3, -0.25) is 4.57 Å². The highest BCUT2D eigenvalue weighted by atomic mass is 16.5. The molecule has 0 radical (unpaired) electrons. The normalized spacial score (nSPS) is 11.3. The van der Waals surface area contributed by atoms with Gasteiger partial charge in [0.2, 0.25) is 0 Å². The van der Waals surface area contributed by atoms with Crippen molar-refractivity contribution in [2.45, 2.75) is 39.0 Å². The molecule has 0 aliphatic heterocycles. The Labute approximate surface area is 180 Å². The van der Waals surface area contributed by atoms with Crippen LogP contribution in [0.25, 0.3) is 27.9 Å². The molecule has 160 valence electrons. The lowest BCUT2D eigenvalue weighted by Crippen LogP contribution is -2.10. The SMILES string of the molecule is CCCCCCCOC(=O)c1c(N)n(-c2cccc(O)c2)c2nc3ccccc3nc12.